The molecule has 0 bridgehead atoms. The number of phenols is 1. The number of nitrogens with zero attached hydrogens (tertiary/aromatic N) is 2. The van der Waals surface area contributed by atoms with Crippen LogP contribution < -0.4 is 24.4 Å². The summed E-state index contributed by atoms with van der Waals surface area (Å²) in [7, 11) is 3.01. The molecule has 1 N–H and O–H groups in total. The van der Waals surface area contributed by atoms with Gasteiger partial charge in [-0.05, 0) is 43.7 Å². The number of fused-ring (bicyclic) bond motifs is 1. The van der Waals surface area contributed by atoms with Crippen LogP contribution in [0, 0.1) is 0 Å². The molecule has 0 aliphatic carbocycles. The summed E-state index contributed by atoms with van der Waals surface area (Å²) in [6.07, 6.45) is 2.88. The van der Waals surface area contributed by atoms with E-state index in [4.69, 9.17) is 19.2 Å². The van der Waals surface area contributed by atoms with E-state index in [0.717, 1.165) is 10.9 Å². The van der Waals surface area contributed by atoms with Gasteiger partial charge >= 0.3 is 5.97 Å². The van der Waals surface area contributed by atoms with E-state index in [0.29, 0.717) is 49.7 Å². The van der Waals surface area contributed by atoms with E-state index >= 15 is 0 Å². The van der Waals surface area contributed by atoms with Gasteiger partial charge in [0, 0.05) is 15.6 Å². The first-order valence-corrected chi connectivity index (χ1v) is 13.4. The third-order valence-electron chi connectivity index (χ3n) is 5.92. The summed E-state index contributed by atoms with van der Waals surface area (Å²) >= 11 is 4.70. The molecular formula is C27H27BrN2O6S. The maximum atomic E-state index is 13.9. The number of methoxy groups -OCH3 is 2. The lowest BCUT2D eigenvalue weighted by Gasteiger charge is -2.27. The zero-order chi connectivity index (χ0) is 26.7. The van der Waals surface area contributed by atoms with Crippen molar-refractivity contribution in [1.29, 1.82) is 0 Å². The van der Waals surface area contributed by atoms with Crippen molar-refractivity contribution in [3.8, 4) is 17.2 Å². The molecule has 2 aromatic carbocycles. The molecule has 0 saturated heterocycles. The molecule has 10 heteroatoms. The molecule has 2 heterocycles. The first-order valence-electron chi connectivity index (χ1n) is 11.8. The Morgan fingerprint density at radius 2 is 1.95 bits per heavy atom. The average Bonchev–Trinajstić information content (AvgIpc) is 3.19. The monoisotopic (exact) mass is 586 g/mol. The van der Waals surface area contributed by atoms with Crippen molar-refractivity contribution in [1.82, 2.24) is 4.57 Å². The number of halogens is 1. The molecule has 37 heavy (non-hydrogen) atoms. The number of rotatable bonds is 8. The highest BCUT2D eigenvalue weighted by atomic mass is 79.9. The summed E-state index contributed by atoms with van der Waals surface area (Å²) in [5, 5.41) is 10.6. The van der Waals surface area contributed by atoms with Gasteiger partial charge in [0.05, 0.1) is 36.6 Å². The van der Waals surface area contributed by atoms with Crippen molar-refractivity contribution >= 4 is 39.3 Å². The van der Waals surface area contributed by atoms with E-state index < -0.39 is 12.0 Å². The fourth-order valence-corrected chi connectivity index (χ4v) is 5.69. The highest BCUT2D eigenvalue weighted by Crippen LogP contribution is 2.38. The minimum Gasteiger partial charge on any atom is -0.504 e. The molecule has 0 spiro atoms. The standard InChI is InChI=1S/C27H27BrN2O6S/c1-5-8-18-22(26(33)36-6-2)23(17-14-16(28)11-12-19(17)34-3)30-25(32)21(37-27(30)29-18)13-15-9-7-10-20(35-4)24(15)31/h7,9-14,23,31H,5-6,8H2,1-4H3/b21-13+/t23-/m1/s1. The zero-order valence-electron chi connectivity index (χ0n) is 20.9. The first-order chi connectivity index (χ1) is 17.8. The number of benzene rings is 2. The number of phenolic OH excluding ortho intramolecular Hbond substituents is 1. The summed E-state index contributed by atoms with van der Waals surface area (Å²) in [5.41, 5.74) is 1.59. The summed E-state index contributed by atoms with van der Waals surface area (Å²) in [6.45, 7) is 3.92. The lowest BCUT2D eigenvalue weighted by Crippen LogP contribution is -2.40. The molecular weight excluding hydrogens is 560 g/mol. The van der Waals surface area contributed by atoms with Gasteiger partial charge in [-0.1, -0.05) is 52.7 Å². The van der Waals surface area contributed by atoms with Crippen LogP contribution in [0.3, 0.4) is 0 Å². The van der Waals surface area contributed by atoms with E-state index in [1.165, 1.54) is 23.0 Å². The van der Waals surface area contributed by atoms with Crippen molar-refractivity contribution in [2.24, 2.45) is 4.99 Å². The molecule has 1 aliphatic rings. The van der Waals surface area contributed by atoms with Crippen LogP contribution >= 0.6 is 27.3 Å². The van der Waals surface area contributed by atoms with Crippen molar-refractivity contribution in [3.05, 3.63) is 83.0 Å². The molecule has 4 rings (SSSR count). The van der Waals surface area contributed by atoms with Crippen molar-refractivity contribution in [3.63, 3.8) is 0 Å². The number of ether oxygens (including phenoxy) is 3. The molecule has 1 aliphatic heterocycles. The molecule has 0 unspecified atom stereocenters. The van der Waals surface area contributed by atoms with Crippen molar-refractivity contribution in [2.45, 2.75) is 32.7 Å². The Morgan fingerprint density at radius 1 is 1.19 bits per heavy atom. The molecule has 3 aromatic rings. The summed E-state index contributed by atoms with van der Waals surface area (Å²) < 4.78 is 18.9. The van der Waals surface area contributed by atoms with Crippen LogP contribution in [-0.2, 0) is 9.53 Å². The van der Waals surface area contributed by atoms with Gasteiger partial charge in [0.15, 0.2) is 16.3 Å². The number of allylic oxidation sites excluding steroid dienone is 1. The third-order valence-corrected chi connectivity index (χ3v) is 7.39. The number of carbonyl (C=O) groups excluding carboxylic acids is 1. The largest absolute Gasteiger partial charge is 0.504 e. The Hall–Kier alpha value is -3.37. The zero-order valence-corrected chi connectivity index (χ0v) is 23.3. The molecule has 0 saturated carbocycles. The second-order valence-corrected chi connectivity index (χ2v) is 10.1. The average molecular weight is 587 g/mol. The van der Waals surface area contributed by atoms with Crippen LogP contribution in [0.15, 0.2) is 61.9 Å². The summed E-state index contributed by atoms with van der Waals surface area (Å²) in [6, 6.07) is 9.70. The smallest absolute Gasteiger partial charge is 0.338 e. The third kappa shape index (κ3) is 5.08. The van der Waals surface area contributed by atoms with E-state index in [9.17, 15) is 14.7 Å². The second kappa shape index (κ2) is 11.4. The van der Waals surface area contributed by atoms with Gasteiger partial charge in [-0.3, -0.25) is 9.36 Å². The molecule has 0 radical (unpaired) electrons. The van der Waals surface area contributed by atoms with E-state index in [1.54, 1.807) is 44.4 Å². The quantitative estimate of drug-likeness (QED) is 0.399. The van der Waals surface area contributed by atoms with Crippen LogP contribution in [0.4, 0.5) is 0 Å². The Balaban J connectivity index is 2.06. The van der Waals surface area contributed by atoms with Gasteiger partial charge in [0.25, 0.3) is 5.56 Å². The number of hydrogen-bond donors (Lipinski definition) is 1. The van der Waals surface area contributed by atoms with Crippen LogP contribution in [0.2, 0.25) is 0 Å². The van der Waals surface area contributed by atoms with Gasteiger partial charge in [-0.15, -0.1) is 0 Å². The van der Waals surface area contributed by atoms with E-state index in [1.807, 2.05) is 19.1 Å². The van der Waals surface area contributed by atoms with E-state index in [2.05, 4.69) is 15.9 Å². The number of esters is 1. The van der Waals surface area contributed by atoms with Crippen LogP contribution in [0.1, 0.15) is 43.9 Å². The molecule has 1 atom stereocenters. The summed E-state index contributed by atoms with van der Waals surface area (Å²) in [4.78, 5) is 32.4. The number of aromatic hydroxyl groups is 1. The normalized spacial score (nSPS) is 15.3. The molecule has 0 fully saturated rings. The number of para-hydroxylation sites is 1. The molecule has 194 valence electrons. The Kier molecular flexibility index (Phi) is 8.19. The van der Waals surface area contributed by atoms with Gasteiger partial charge in [-0.25, -0.2) is 9.79 Å². The predicted molar refractivity (Wildman–Crippen MR) is 145 cm³/mol. The first kappa shape index (κ1) is 26.7. The predicted octanol–water partition coefficient (Wildman–Crippen LogP) is 4.06. The lowest BCUT2D eigenvalue weighted by molar-refractivity contribution is -0.139. The van der Waals surface area contributed by atoms with Crippen molar-refractivity contribution in [2.75, 3.05) is 20.8 Å². The minimum absolute atomic E-state index is 0.0695. The number of aromatic nitrogens is 1. The van der Waals surface area contributed by atoms with E-state index in [-0.39, 0.29) is 17.9 Å². The van der Waals surface area contributed by atoms with Crippen LogP contribution in [0.5, 0.6) is 17.2 Å². The molecule has 1 aromatic heterocycles. The Bertz CT molecular complexity index is 1560. The number of hydrogen-bond acceptors (Lipinski definition) is 8. The van der Waals surface area contributed by atoms with Crippen LogP contribution in [0.25, 0.3) is 6.08 Å². The Labute approximate surface area is 226 Å². The van der Waals surface area contributed by atoms with Gasteiger partial charge in [0.1, 0.15) is 11.8 Å². The summed E-state index contributed by atoms with van der Waals surface area (Å²) in [5.74, 6) is 0.224. The molecule has 0 amide bonds. The van der Waals surface area contributed by atoms with Crippen LogP contribution in [-0.4, -0.2) is 36.5 Å². The maximum absolute atomic E-state index is 13.9. The highest BCUT2D eigenvalue weighted by Gasteiger charge is 2.36. The van der Waals surface area contributed by atoms with Gasteiger partial charge in [-0.2, -0.15) is 0 Å². The topological polar surface area (TPSA) is 99.4 Å². The maximum Gasteiger partial charge on any atom is 0.338 e. The fraction of sp³-hybridized carbons (Fsp3) is 0.296. The molecule has 8 nitrogen and oxygen atoms in total. The van der Waals surface area contributed by atoms with Crippen molar-refractivity contribution < 1.29 is 24.1 Å². The van der Waals surface area contributed by atoms with Gasteiger partial charge in [0.2, 0.25) is 0 Å². The van der Waals surface area contributed by atoms with Gasteiger partial charge < -0.3 is 19.3 Å². The highest BCUT2D eigenvalue weighted by molar-refractivity contribution is 9.10. The second-order valence-electron chi connectivity index (χ2n) is 8.20. The fourth-order valence-electron chi connectivity index (χ4n) is 4.30. The minimum atomic E-state index is -0.814. The SMILES string of the molecule is CCCC1=C(C(=O)OCC)[C@@H](c2cc(Br)ccc2OC)n2c(s/c(=C/c3cccc(OC)c3O)c2=O)=N1. The lowest BCUT2D eigenvalue weighted by atomic mass is 9.93. The Morgan fingerprint density at radius 3 is 2.62 bits per heavy atom. The number of thiazole rings is 1. The number of carbonyl (C=O) groups is 1.